The Kier molecular flexibility index (Phi) is 3.93. The first-order valence-corrected chi connectivity index (χ1v) is 7.62. The lowest BCUT2D eigenvalue weighted by Gasteiger charge is -2.05. The number of aromatic amines is 2. The first kappa shape index (κ1) is 15.1. The van der Waals surface area contributed by atoms with Crippen LogP contribution >= 0.6 is 23.2 Å². The number of hydrogen-bond donors (Lipinski definition) is 2. The molecule has 7 heteroatoms. The van der Waals surface area contributed by atoms with Crippen LogP contribution in [0.2, 0.25) is 10.0 Å². The first-order valence-electron chi connectivity index (χ1n) is 6.87. The molecule has 0 bridgehead atoms. The molecule has 2 aromatic heterocycles. The molecule has 0 radical (unpaired) electrons. The SMILES string of the molecule is CC(C)c1n[nH]c2c(=O)[nH]c(Cc3ccc(Cl)cc3Cl)nc12. The predicted octanol–water partition coefficient (Wildman–Crippen LogP) is 3.67. The lowest BCUT2D eigenvalue weighted by atomic mass is 10.1. The summed E-state index contributed by atoms with van der Waals surface area (Å²) >= 11 is 12.1. The maximum Gasteiger partial charge on any atom is 0.276 e. The van der Waals surface area contributed by atoms with Gasteiger partial charge in [0.15, 0.2) is 0 Å². The fourth-order valence-electron chi connectivity index (χ4n) is 2.31. The zero-order valence-corrected chi connectivity index (χ0v) is 13.6. The smallest absolute Gasteiger partial charge is 0.276 e. The lowest BCUT2D eigenvalue weighted by Crippen LogP contribution is -2.12. The minimum Gasteiger partial charge on any atom is -0.308 e. The van der Waals surface area contributed by atoms with E-state index in [1.165, 1.54) is 0 Å². The van der Waals surface area contributed by atoms with Crippen molar-refractivity contribution in [3.8, 4) is 0 Å². The van der Waals surface area contributed by atoms with Crippen LogP contribution in [0.15, 0.2) is 23.0 Å². The minimum absolute atomic E-state index is 0.176. The molecule has 0 atom stereocenters. The number of H-pyrrole nitrogens is 2. The Balaban J connectivity index is 2.07. The highest BCUT2D eigenvalue weighted by Crippen LogP contribution is 2.23. The topological polar surface area (TPSA) is 74.4 Å². The molecule has 114 valence electrons. The second-order valence-electron chi connectivity index (χ2n) is 5.41. The van der Waals surface area contributed by atoms with Gasteiger partial charge in [0.1, 0.15) is 16.9 Å². The van der Waals surface area contributed by atoms with E-state index in [2.05, 4.69) is 20.2 Å². The van der Waals surface area contributed by atoms with Gasteiger partial charge in [-0.05, 0) is 23.6 Å². The summed E-state index contributed by atoms with van der Waals surface area (Å²) in [6.07, 6.45) is 0.421. The Morgan fingerprint density at radius 3 is 2.73 bits per heavy atom. The minimum atomic E-state index is -0.232. The van der Waals surface area contributed by atoms with Crippen molar-refractivity contribution in [1.82, 2.24) is 20.2 Å². The number of nitrogens with zero attached hydrogens (tertiary/aromatic N) is 2. The van der Waals surface area contributed by atoms with Gasteiger partial charge >= 0.3 is 0 Å². The van der Waals surface area contributed by atoms with E-state index in [1.807, 2.05) is 19.9 Å². The monoisotopic (exact) mass is 336 g/mol. The predicted molar refractivity (Wildman–Crippen MR) is 87.9 cm³/mol. The number of aromatic nitrogens is 4. The zero-order chi connectivity index (χ0) is 15.9. The summed E-state index contributed by atoms with van der Waals surface area (Å²) in [7, 11) is 0. The van der Waals surface area contributed by atoms with Gasteiger partial charge in [0.2, 0.25) is 0 Å². The van der Waals surface area contributed by atoms with Crippen LogP contribution < -0.4 is 5.56 Å². The highest BCUT2D eigenvalue weighted by molar-refractivity contribution is 6.35. The largest absolute Gasteiger partial charge is 0.308 e. The second kappa shape index (κ2) is 5.74. The molecule has 2 heterocycles. The van der Waals surface area contributed by atoms with Gasteiger partial charge in [-0.15, -0.1) is 0 Å². The van der Waals surface area contributed by atoms with E-state index in [9.17, 15) is 4.79 Å². The van der Waals surface area contributed by atoms with Gasteiger partial charge in [-0.25, -0.2) is 4.98 Å². The number of benzene rings is 1. The third kappa shape index (κ3) is 2.74. The summed E-state index contributed by atoms with van der Waals surface area (Å²) in [4.78, 5) is 19.4. The molecular weight excluding hydrogens is 323 g/mol. The van der Waals surface area contributed by atoms with Gasteiger partial charge in [0.25, 0.3) is 5.56 Å². The summed E-state index contributed by atoms with van der Waals surface area (Å²) in [6, 6.07) is 5.26. The molecule has 0 unspecified atom stereocenters. The van der Waals surface area contributed by atoms with Crippen molar-refractivity contribution in [2.24, 2.45) is 0 Å². The third-order valence-corrected chi connectivity index (χ3v) is 4.01. The van der Waals surface area contributed by atoms with E-state index in [0.717, 1.165) is 11.3 Å². The maximum absolute atomic E-state index is 12.1. The molecule has 22 heavy (non-hydrogen) atoms. The van der Waals surface area contributed by atoms with Gasteiger partial charge < -0.3 is 4.98 Å². The summed E-state index contributed by atoms with van der Waals surface area (Å²) in [5.74, 6) is 0.722. The molecule has 0 spiro atoms. The number of nitrogens with one attached hydrogen (secondary N) is 2. The molecule has 2 N–H and O–H groups in total. The van der Waals surface area contributed by atoms with E-state index < -0.39 is 0 Å². The molecule has 0 amide bonds. The van der Waals surface area contributed by atoms with Crippen LogP contribution in [0.1, 0.15) is 36.8 Å². The number of hydrogen-bond acceptors (Lipinski definition) is 3. The molecule has 0 aliphatic carbocycles. The van der Waals surface area contributed by atoms with Crippen LogP contribution in [0.3, 0.4) is 0 Å². The number of fused-ring (bicyclic) bond motifs is 1. The fraction of sp³-hybridized carbons (Fsp3) is 0.267. The Hall–Kier alpha value is -1.85. The number of halogens is 2. The Morgan fingerprint density at radius 2 is 2.05 bits per heavy atom. The highest BCUT2D eigenvalue weighted by atomic mass is 35.5. The quantitative estimate of drug-likeness (QED) is 0.766. The normalized spacial score (nSPS) is 11.5. The van der Waals surface area contributed by atoms with Crippen LogP contribution in [0.4, 0.5) is 0 Å². The van der Waals surface area contributed by atoms with Crippen LogP contribution in [0.25, 0.3) is 11.0 Å². The zero-order valence-electron chi connectivity index (χ0n) is 12.1. The molecule has 0 saturated carbocycles. The van der Waals surface area contributed by atoms with Crippen molar-refractivity contribution in [3.63, 3.8) is 0 Å². The highest BCUT2D eigenvalue weighted by Gasteiger charge is 2.15. The van der Waals surface area contributed by atoms with Crippen molar-refractivity contribution in [2.75, 3.05) is 0 Å². The fourth-order valence-corrected chi connectivity index (χ4v) is 2.79. The van der Waals surface area contributed by atoms with Gasteiger partial charge in [-0.3, -0.25) is 9.89 Å². The number of rotatable bonds is 3. The van der Waals surface area contributed by atoms with Crippen molar-refractivity contribution in [3.05, 3.63) is 55.7 Å². The van der Waals surface area contributed by atoms with E-state index in [4.69, 9.17) is 23.2 Å². The summed E-state index contributed by atoms with van der Waals surface area (Å²) < 4.78 is 0. The Labute approximate surface area is 136 Å². The standard InChI is InChI=1S/C15H14Cl2N4O/c1-7(2)12-13-14(21-20-12)15(22)19-11(18-13)5-8-3-4-9(16)6-10(8)17/h3-4,6-7H,5H2,1-2H3,(H,20,21)(H,18,19,22). The maximum atomic E-state index is 12.1. The molecule has 0 aliphatic heterocycles. The molecule has 0 aliphatic rings. The van der Waals surface area contributed by atoms with Crippen LogP contribution in [0, 0.1) is 0 Å². The molecular formula is C15H14Cl2N4O. The van der Waals surface area contributed by atoms with E-state index in [0.29, 0.717) is 33.3 Å². The summed E-state index contributed by atoms with van der Waals surface area (Å²) in [5, 5.41) is 8.05. The van der Waals surface area contributed by atoms with E-state index >= 15 is 0 Å². The molecule has 3 aromatic rings. The molecule has 0 saturated heterocycles. The first-order chi connectivity index (χ1) is 10.5. The van der Waals surface area contributed by atoms with E-state index in [1.54, 1.807) is 12.1 Å². The van der Waals surface area contributed by atoms with Crippen LogP contribution in [-0.4, -0.2) is 20.2 Å². The second-order valence-corrected chi connectivity index (χ2v) is 6.26. The van der Waals surface area contributed by atoms with Crippen molar-refractivity contribution in [2.45, 2.75) is 26.2 Å². The third-order valence-electron chi connectivity index (χ3n) is 3.42. The summed E-state index contributed by atoms with van der Waals surface area (Å²) in [5.41, 5.74) is 2.41. The molecule has 3 rings (SSSR count). The van der Waals surface area contributed by atoms with E-state index in [-0.39, 0.29) is 11.5 Å². The average Bonchev–Trinajstić information content (AvgIpc) is 2.86. The lowest BCUT2D eigenvalue weighted by molar-refractivity contribution is 0.814. The van der Waals surface area contributed by atoms with Gasteiger partial charge in [0.05, 0.1) is 5.69 Å². The van der Waals surface area contributed by atoms with Gasteiger partial charge in [-0.2, -0.15) is 5.10 Å². The molecule has 0 fully saturated rings. The Morgan fingerprint density at radius 1 is 1.27 bits per heavy atom. The summed E-state index contributed by atoms with van der Waals surface area (Å²) in [6.45, 7) is 4.02. The van der Waals surface area contributed by atoms with Crippen molar-refractivity contribution in [1.29, 1.82) is 0 Å². The molecule has 5 nitrogen and oxygen atoms in total. The van der Waals surface area contributed by atoms with Crippen LogP contribution in [0.5, 0.6) is 0 Å². The van der Waals surface area contributed by atoms with Crippen molar-refractivity contribution >= 4 is 34.2 Å². The Bertz CT molecular complexity index is 898. The van der Waals surface area contributed by atoms with Crippen molar-refractivity contribution < 1.29 is 0 Å². The van der Waals surface area contributed by atoms with Gasteiger partial charge in [0, 0.05) is 16.5 Å². The van der Waals surface area contributed by atoms with Crippen LogP contribution in [-0.2, 0) is 6.42 Å². The van der Waals surface area contributed by atoms with Gasteiger partial charge in [-0.1, -0.05) is 43.1 Å². The average molecular weight is 337 g/mol. The molecule has 1 aromatic carbocycles.